The number of pyridine rings is 1. The molecule has 1 saturated heterocycles. The number of rotatable bonds is 4. The summed E-state index contributed by atoms with van der Waals surface area (Å²) in [6, 6.07) is 22.2. The Balaban J connectivity index is 1.49. The van der Waals surface area contributed by atoms with Crippen LogP contribution in [0, 0.1) is 5.82 Å². The van der Waals surface area contributed by atoms with E-state index in [-0.39, 0.29) is 17.6 Å². The predicted molar refractivity (Wildman–Crippen MR) is 108 cm³/mol. The van der Waals surface area contributed by atoms with Gasteiger partial charge >= 0.3 is 0 Å². The number of carbonyl (C=O) groups excluding carboxylic acids is 1. The standard InChI is InChI=1S/C24H23FN2O/c25-21-11-4-9-19(16-21)22-12-5-13-23(26-22)20-10-6-14-27(17-20)24(28)15-18-7-2-1-3-8-18/h1-5,7-9,11-13,16,20H,6,10,14-15,17H2. The van der Waals surface area contributed by atoms with Crippen LogP contribution in [0.2, 0.25) is 0 Å². The van der Waals surface area contributed by atoms with Crippen LogP contribution < -0.4 is 0 Å². The zero-order chi connectivity index (χ0) is 19.3. The third kappa shape index (κ3) is 4.28. The van der Waals surface area contributed by atoms with Gasteiger partial charge in [-0.3, -0.25) is 9.78 Å². The summed E-state index contributed by atoms with van der Waals surface area (Å²) in [4.78, 5) is 19.5. The van der Waals surface area contributed by atoms with Crippen LogP contribution in [0.3, 0.4) is 0 Å². The summed E-state index contributed by atoms with van der Waals surface area (Å²) in [5.74, 6) is 0.110. The first kappa shape index (κ1) is 18.4. The molecular weight excluding hydrogens is 351 g/mol. The number of hydrogen-bond donors (Lipinski definition) is 0. The van der Waals surface area contributed by atoms with Gasteiger partial charge in [-0.15, -0.1) is 0 Å². The Morgan fingerprint density at radius 2 is 1.86 bits per heavy atom. The molecule has 3 nitrogen and oxygen atoms in total. The van der Waals surface area contributed by atoms with Crippen molar-refractivity contribution in [1.82, 2.24) is 9.88 Å². The number of nitrogens with zero attached hydrogens (tertiary/aromatic N) is 2. The summed E-state index contributed by atoms with van der Waals surface area (Å²) in [6.07, 6.45) is 2.41. The minimum Gasteiger partial charge on any atom is -0.342 e. The minimum absolute atomic E-state index is 0.164. The number of carbonyl (C=O) groups is 1. The molecular formula is C24H23FN2O. The van der Waals surface area contributed by atoms with E-state index in [2.05, 4.69) is 0 Å². The van der Waals surface area contributed by atoms with Crippen LogP contribution in [0.5, 0.6) is 0 Å². The van der Waals surface area contributed by atoms with Gasteiger partial charge in [-0.2, -0.15) is 0 Å². The predicted octanol–water partition coefficient (Wildman–Crippen LogP) is 4.84. The maximum absolute atomic E-state index is 13.6. The number of hydrogen-bond acceptors (Lipinski definition) is 2. The lowest BCUT2D eigenvalue weighted by Gasteiger charge is -2.32. The zero-order valence-electron chi connectivity index (χ0n) is 15.7. The van der Waals surface area contributed by atoms with Gasteiger partial charge < -0.3 is 4.90 Å². The average Bonchev–Trinajstić information content (AvgIpc) is 2.75. The second kappa shape index (κ2) is 8.34. The van der Waals surface area contributed by atoms with Crippen molar-refractivity contribution in [2.75, 3.05) is 13.1 Å². The van der Waals surface area contributed by atoms with Crippen molar-refractivity contribution >= 4 is 5.91 Å². The smallest absolute Gasteiger partial charge is 0.227 e. The summed E-state index contributed by atoms with van der Waals surface area (Å²) < 4.78 is 13.6. The first-order valence-electron chi connectivity index (χ1n) is 9.73. The molecule has 28 heavy (non-hydrogen) atoms. The van der Waals surface area contributed by atoms with Crippen LogP contribution in [-0.4, -0.2) is 28.9 Å². The van der Waals surface area contributed by atoms with Crippen LogP contribution >= 0.6 is 0 Å². The molecule has 1 atom stereocenters. The lowest BCUT2D eigenvalue weighted by molar-refractivity contribution is -0.131. The Morgan fingerprint density at radius 1 is 1.04 bits per heavy atom. The highest BCUT2D eigenvalue weighted by molar-refractivity contribution is 5.79. The monoisotopic (exact) mass is 374 g/mol. The van der Waals surface area contributed by atoms with Gasteiger partial charge in [0.25, 0.3) is 0 Å². The SMILES string of the molecule is O=C(Cc1ccccc1)N1CCCC(c2cccc(-c3cccc(F)c3)n2)C1. The summed E-state index contributed by atoms with van der Waals surface area (Å²) in [5, 5.41) is 0. The molecule has 0 bridgehead atoms. The Labute approximate surface area is 164 Å². The molecule has 1 aromatic heterocycles. The highest BCUT2D eigenvalue weighted by Crippen LogP contribution is 2.28. The Bertz CT molecular complexity index is 958. The molecule has 0 N–H and O–H groups in total. The number of amides is 1. The Kier molecular flexibility index (Phi) is 5.47. The fraction of sp³-hybridized carbons (Fsp3) is 0.250. The van der Waals surface area contributed by atoms with Crippen LogP contribution in [0.4, 0.5) is 4.39 Å². The van der Waals surface area contributed by atoms with Gasteiger partial charge in [0.15, 0.2) is 0 Å². The number of halogens is 1. The van der Waals surface area contributed by atoms with Crippen LogP contribution in [-0.2, 0) is 11.2 Å². The van der Waals surface area contributed by atoms with Gasteiger partial charge in [-0.1, -0.05) is 48.5 Å². The molecule has 2 aromatic carbocycles. The topological polar surface area (TPSA) is 33.2 Å². The third-order valence-electron chi connectivity index (χ3n) is 5.28. The van der Waals surface area contributed by atoms with E-state index in [9.17, 15) is 9.18 Å². The minimum atomic E-state index is -0.264. The van der Waals surface area contributed by atoms with Crippen molar-refractivity contribution in [3.05, 3.63) is 89.9 Å². The molecule has 1 unspecified atom stereocenters. The maximum atomic E-state index is 13.6. The van der Waals surface area contributed by atoms with E-state index in [0.29, 0.717) is 13.0 Å². The molecule has 4 heteroatoms. The van der Waals surface area contributed by atoms with Gasteiger partial charge in [0, 0.05) is 30.3 Å². The van der Waals surface area contributed by atoms with Gasteiger partial charge in [-0.05, 0) is 42.7 Å². The van der Waals surface area contributed by atoms with E-state index in [0.717, 1.165) is 41.9 Å². The molecule has 142 valence electrons. The molecule has 0 spiro atoms. The molecule has 4 rings (SSSR count). The second-order valence-corrected chi connectivity index (χ2v) is 7.30. The van der Waals surface area contributed by atoms with Gasteiger partial charge in [0.1, 0.15) is 5.82 Å². The molecule has 1 aliphatic rings. The number of piperidine rings is 1. The van der Waals surface area contributed by atoms with Crippen molar-refractivity contribution in [2.24, 2.45) is 0 Å². The quantitative estimate of drug-likeness (QED) is 0.655. The van der Waals surface area contributed by atoms with Crippen molar-refractivity contribution in [1.29, 1.82) is 0 Å². The summed E-state index contributed by atoms with van der Waals surface area (Å²) >= 11 is 0. The summed E-state index contributed by atoms with van der Waals surface area (Å²) in [5.41, 5.74) is 3.55. The second-order valence-electron chi connectivity index (χ2n) is 7.30. The van der Waals surface area contributed by atoms with Crippen molar-refractivity contribution in [2.45, 2.75) is 25.2 Å². The zero-order valence-corrected chi connectivity index (χ0v) is 15.7. The lowest BCUT2D eigenvalue weighted by atomic mass is 9.93. The Morgan fingerprint density at radius 3 is 2.68 bits per heavy atom. The van der Waals surface area contributed by atoms with E-state index in [1.54, 1.807) is 6.07 Å². The molecule has 1 amide bonds. The molecule has 3 aromatic rings. The summed E-state index contributed by atoms with van der Waals surface area (Å²) in [7, 11) is 0. The highest BCUT2D eigenvalue weighted by atomic mass is 19.1. The number of benzene rings is 2. The van der Waals surface area contributed by atoms with Crippen LogP contribution in [0.15, 0.2) is 72.8 Å². The molecule has 1 fully saturated rings. The fourth-order valence-corrected chi connectivity index (χ4v) is 3.81. The van der Waals surface area contributed by atoms with E-state index in [4.69, 9.17) is 4.98 Å². The van der Waals surface area contributed by atoms with E-state index in [1.165, 1.54) is 12.1 Å². The molecule has 0 saturated carbocycles. The van der Waals surface area contributed by atoms with Gasteiger partial charge in [-0.25, -0.2) is 4.39 Å². The van der Waals surface area contributed by atoms with E-state index >= 15 is 0 Å². The van der Waals surface area contributed by atoms with Crippen LogP contribution in [0.25, 0.3) is 11.3 Å². The Hall–Kier alpha value is -3.01. The average molecular weight is 374 g/mol. The first-order chi connectivity index (χ1) is 13.7. The molecule has 1 aliphatic heterocycles. The van der Waals surface area contributed by atoms with Crippen molar-refractivity contribution in [3.63, 3.8) is 0 Å². The van der Waals surface area contributed by atoms with Crippen LogP contribution in [0.1, 0.15) is 30.0 Å². The summed E-state index contributed by atoms with van der Waals surface area (Å²) in [6.45, 7) is 1.48. The lowest BCUT2D eigenvalue weighted by Crippen LogP contribution is -2.40. The van der Waals surface area contributed by atoms with E-state index < -0.39 is 0 Å². The number of likely N-dealkylation sites (tertiary alicyclic amines) is 1. The number of aromatic nitrogens is 1. The van der Waals surface area contributed by atoms with Crippen molar-refractivity contribution in [3.8, 4) is 11.3 Å². The first-order valence-corrected chi connectivity index (χ1v) is 9.73. The molecule has 0 radical (unpaired) electrons. The van der Waals surface area contributed by atoms with Gasteiger partial charge in [0.2, 0.25) is 5.91 Å². The van der Waals surface area contributed by atoms with Crippen molar-refractivity contribution < 1.29 is 9.18 Å². The normalized spacial score (nSPS) is 16.8. The highest BCUT2D eigenvalue weighted by Gasteiger charge is 2.25. The fourth-order valence-electron chi connectivity index (χ4n) is 3.81. The third-order valence-corrected chi connectivity index (χ3v) is 5.28. The molecule has 0 aliphatic carbocycles. The molecule has 2 heterocycles. The maximum Gasteiger partial charge on any atom is 0.227 e. The van der Waals surface area contributed by atoms with Gasteiger partial charge in [0.05, 0.1) is 12.1 Å². The largest absolute Gasteiger partial charge is 0.342 e. The van der Waals surface area contributed by atoms with E-state index in [1.807, 2.05) is 59.5 Å².